The van der Waals surface area contributed by atoms with Gasteiger partial charge in [0.25, 0.3) is 5.91 Å². The second-order valence-electron chi connectivity index (χ2n) is 11.6. The highest BCUT2D eigenvalue weighted by molar-refractivity contribution is 5.95. The van der Waals surface area contributed by atoms with Crippen molar-refractivity contribution in [2.24, 2.45) is 11.8 Å². The number of aromatic hydroxyl groups is 1. The molecule has 1 aromatic rings. The average Bonchev–Trinajstić information content (AvgIpc) is 2.88. The number of hydrogen-bond donors (Lipinski definition) is 3. The number of hydroxylamine groups is 2. The number of amides is 4. The molecule has 3 rings (SSSR count). The molecule has 2 fully saturated rings. The fourth-order valence-corrected chi connectivity index (χ4v) is 5.27. The van der Waals surface area contributed by atoms with Gasteiger partial charge in [0.1, 0.15) is 17.8 Å². The average molecular weight is 561 g/mol. The lowest BCUT2D eigenvalue weighted by molar-refractivity contribution is -0.267. The van der Waals surface area contributed by atoms with Gasteiger partial charge in [0.05, 0.1) is 6.54 Å². The van der Waals surface area contributed by atoms with E-state index < -0.39 is 42.3 Å². The van der Waals surface area contributed by atoms with Crippen LogP contribution in [-0.2, 0) is 25.6 Å². The predicted molar refractivity (Wildman–Crippen MR) is 148 cm³/mol. The van der Waals surface area contributed by atoms with E-state index >= 15 is 0 Å². The van der Waals surface area contributed by atoms with E-state index in [0.717, 1.165) is 17.9 Å². The maximum absolute atomic E-state index is 14.2. The van der Waals surface area contributed by atoms with Gasteiger partial charge in [0.2, 0.25) is 11.8 Å². The molecule has 0 spiro atoms. The number of nitrogens with one attached hydrogen (secondary N) is 1. The molecule has 2 saturated heterocycles. The number of phenolic OH excluding ortho intramolecular Hbond substituents is 1. The largest absolute Gasteiger partial charge is 0.508 e. The molecule has 2 unspecified atom stereocenters. The van der Waals surface area contributed by atoms with E-state index in [1.165, 1.54) is 21.9 Å². The van der Waals surface area contributed by atoms with Crippen LogP contribution in [0.15, 0.2) is 24.3 Å². The number of rotatable bonds is 12. The first-order valence-electron chi connectivity index (χ1n) is 14.3. The highest BCUT2D eigenvalue weighted by Gasteiger charge is 2.54. The maximum Gasteiger partial charge on any atom is 0.433 e. The zero-order valence-electron chi connectivity index (χ0n) is 24.2. The number of carboxylic acid groups (broad SMARTS) is 1. The molecule has 222 valence electrons. The second-order valence-corrected chi connectivity index (χ2v) is 11.6. The molecule has 2 aliphatic rings. The third-order valence-corrected chi connectivity index (χ3v) is 7.40. The van der Waals surface area contributed by atoms with Gasteiger partial charge in [-0.05, 0) is 48.8 Å². The normalized spacial score (nSPS) is 22.1. The van der Waals surface area contributed by atoms with Crippen LogP contribution in [0.1, 0.15) is 72.3 Å². The molecule has 0 radical (unpaired) electrons. The predicted octanol–water partition coefficient (Wildman–Crippen LogP) is 3.36. The zero-order chi connectivity index (χ0) is 29.6. The van der Waals surface area contributed by atoms with Crippen LogP contribution in [0.5, 0.6) is 5.75 Å². The zero-order valence-corrected chi connectivity index (χ0v) is 24.2. The minimum Gasteiger partial charge on any atom is -0.508 e. The first-order valence-corrected chi connectivity index (χ1v) is 14.3. The molecule has 2 aliphatic heterocycles. The van der Waals surface area contributed by atoms with Gasteiger partial charge in [0.15, 0.2) is 12.3 Å². The number of benzene rings is 1. The van der Waals surface area contributed by atoms with E-state index in [2.05, 4.69) is 19.2 Å². The lowest BCUT2D eigenvalue weighted by Gasteiger charge is -2.53. The molecule has 1 aromatic carbocycles. The lowest BCUT2D eigenvalue weighted by Crippen LogP contribution is -2.75. The van der Waals surface area contributed by atoms with Crippen molar-refractivity contribution in [1.82, 2.24) is 20.2 Å². The summed E-state index contributed by atoms with van der Waals surface area (Å²) < 4.78 is 0. The van der Waals surface area contributed by atoms with Crippen molar-refractivity contribution in [2.75, 3.05) is 13.1 Å². The summed E-state index contributed by atoms with van der Waals surface area (Å²) >= 11 is 0. The molecule has 4 atom stereocenters. The second kappa shape index (κ2) is 13.8. The van der Waals surface area contributed by atoms with Gasteiger partial charge in [0, 0.05) is 13.0 Å². The van der Waals surface area contributed by atoms with Crippen LogP contribution in [0, 0.1) is 11.8 Å². The third-order valence-electron chi connectivity index (χ3n) is 7.40. The molecule has 40 heavy (non-hydrogen) atoms. The lowest BCUT2D eigenvalue weighted by atomic mass is 9.94. The topological polar surface area (TPSA) is 140 Å². The molecule has 3 N–H and O–H groups in total. The Morgan fingerprint density at radius 2 is 1.73 bits per heavy atom. The molecule has 11 nitrogen and oxygen atoms in total. The first-order chi connectivity index (χ1) is 18.9. The molecule has 0 saturated carbocycles. The molecule has 0 bridgehead atoms. The van der Waals surface area contributed by atoms with Gasteiger partial charge < -0.3 is 25.3 Å². The number of fused-ring (bicyclic) bond motifs is 1. The van der Waals surface area contributed by atoms with Gasteiger partial charge in [-0.2, -0.15) is 5.06 Å². The van der Waals surface area contributed by atoms with Crippen molar-refractivity contribution in [3.8, 4) is 5.75 Å². The summed E-state index contributed by atoms with van der Waals surface area (Å²) in [6, 6.07) is 4.45. The number of nitrogens with zero attached hydrogens (tertiary/aromatic N) is 3. The highest BCUT2D eigenvalue weighted by atomic mass is 16.7. The number of carbonyl (C=O) groups excluding carboxylic acids is 3. The number of piperazine rings is 1. The van der Waals surface area contributed by atoms with Crippen LogP contribution in [0.2, 0.25) is 0 Å². The number of unbranched alkanes of at least 4 members (excludes halogenated alkanes) is 1. The fourth-order valence-electron chi connectivity index (χ4n) is 5.27. The molecule has 0 aliphatic carbocycles. The minimum atomic E-state index is -1.37. The van der Waals surface area contributed by atoms with Crippen LogP contribution in [0.3, 0.4) is 0 Å². The van der Waals surface area contributed by atoms with Crippen molar-refractivity contribution >= 4 is 23.8 Å². The Labute approximate surface area is 236 Å². The Hall–Kier alpha value is -3.34. The van der Waals surface area contributed by atoms with Crippen molar-refractivity contribution in [1.29, 1.82) is 0 Å². The van der Waals surface area contributed by atoms with Gasteiger partial charge in [-0.1, -0.05) is 59.6 Å². The SMILES string of the molecule is CCCCC(C(=O)NCCC(C)C)N1CC2N(C(=O)O)O[C@H](CC(C)C)C(=O)N2[C@@H](Cc2ccc(O)cc2)C1=O. The van der Waals surface area contributed by atoms with E-state index in [0.29, 0.717) is 30.9 Å². The molecule has 11 heteroatoms. The van der Waals surface area contributed by atoms with Crippen molar-refractivity contribution in [3.63, 3.8) is 0 Å². The van der Waals surface area contributed by atoms with Crippen molar-refractivity contribution < 1.29 is 34.2 Å². The third kappa shape index (κ3) is 7.44. The van der Waals surface area contributed by atoms with Gasteiger partial charge in [-0.3, -0.25) is 19.2 Å². The fraction of sp³-hybridized carbons (Fsp3) is 0.655. The van der Waals surface area contributed by atoms with Crippen LogP contribution < -0.4 is 5.32 Å². The van der Waals surface area contributed by atoms with Crippen LogP contribution in [-0.4, -0.2) is 86.3 Å². The van der Waals surface area contributed by atoms with Crippen molar-refractivity contribution in [2.45, 2.75) is 97.5 Å². The summed E-state index contributed by atoms with van der Waals surface area (Å²) in [6.45, 7) is 10.2. The summed E-state index contributed by atoms with van der Waals surface area (Å²) in [7, 11) is 0. The monoisotopic (exact) mass is 560 g/mol. The van der Waals surface area contributed by atoms with E-state index in [9.17, 15) is 29.4 Å². The molecule has 0 aromatic heterocycles. The smallest absolute Gasteiger partial charge is 0.433 e. The minimum absolute atomic E-state index is 0.0432. The first kappa shape index (κ1) is 31.2. The van der Waals surface area contributed by atoms with Crippen LogP contribution in [0.25, 0.3) is 0 Å². The van der Waals surface area contributed by atoms with E-state index in [1.54, 1.807) is 12.1 Å². The standard InChI is InChI=1S/C29H44N4O7/c1-6-7-8-22(26(35)30-14-13-18(2)3)31-17-25-32(23(27(31)36)16-20-9-11-21(34)12-10-20)28(37)24(15-19(4)5)40-33(25)29(38)39/h9-12,18-19,22-25,34H,6-8,13-17H2,1-5H3,(H,30,35)(H,38,39)/t22?,23-,24+,25?/m0/s1. The van der Waals surface area contributed by atoms with Crippen LogP contribution >= 0.6 is 0 Å². The summed E-state index contributed by atoms with van der Waals surface area (Å²) in [5.74, 6) is -0.647. The number of phenols is 1. The van der Waals surface area contributed by atoms with Crippen molar-refractivity contribution in [3.05, 3.63) is 29.8 Å². The molecule has 4 amide bonds. The summed E-state index contributed by atoms with van der Waals surface area (Å²) in [6.07, 6.45) is -0.465. The Morgan fingerprint density at radius 3 is 2.30 bits per heavy atom. The Balaban J connectivity index is 2.03. The van der Waals surface area contributed by atoms with Gasteiger partial charge in [-0.15, -0.1) is 0 Å². The Morgan fingerprint density at radius 1 is 1.05 bits per heavy atom. The summed E-state index contributed by atoms with van der Waals surface area (Å²) in [4.78, 5) is 62.2. The Kier molecular flexibility index (Phi) is 10.8. The molecule has 2 heterocycles. The van der Waals surface area contributed by atoms with E-state index in [1.807, 2.05) is 20.8 Å². The van der Waals surface area contributed by atoms with Gasteiger partial charge >= 0.3 is 6.09 Å². The van der Waals surface area contributed by atoms with E-state index in [4.69, 9.17) is 4.84 Å². The molecular formula is C29H44N4O7. The number of hydrogen-bond acceptors (Lipinski definition) is 6. The van der Waals surface area contributed by atoms with Crippen LogP contribution in [0.4, 0.5) is 4.79 Å². The van der Waals surface area contributed by atoms with Gasteiger partial charge in [-0.25, -0.2) is 4.79 Å². The Bertz CT molecular complexity index is 1050. The van der Waals surface area contributed by atoms with E-state index in [-0.39, 0.29) is 37.0 Å². The summed E-state index contributed by atoms with van der Waals surface area (Å²) in [5, 5.41) is 23.6. The maximum atomic E-state index is 14.2. The molecular weight excluding hydrogens is 516 g/mol. The quantitative estimate of drug-likeness (QED) is 0.356. The highest BCUT2D eigenvalue weighted by Crippen LogP contribution is 2.32. The summed E-state index contributed by atoms with van der Waals surface area (Å²) in [5.41, 5.74) is 0.685. The number of carbonyl (C=O) groups is 4.